The first-order valence-corrected chi connectivity index (χ1v) is 9.37. The number of rotatable bonds is 4. The summed E-state index contributed by atoms with van der Waals surface area (Å²) >= 11 is 6.07. The van der Waals surface area contributed by atoms with Crippen LogP contribution in [0.2, 0.25) is 5.02 Å². The quantitative estimate of drug-likeness (QED) is 0.871. The molecule has 2 amide bonds. The lowest BCUT2D eigenvalue weighted by molar-refractivity contribution is -0.117. The predicted octanol–water partition coefficient (Wildman–Crippen LogP) is 3.25. The second kappa shape index (κ2) is 8.15. The first-order valence-electron chi connectivity index (χ1n) is 8.99. The first kappa shape index (κ1) is 19.5. The zero-order chi connectivity index (χ0) is 19.6. The Morgan fingerprint density at radius 1 is 1.07 bits per heavy atom. The van der Waals surface area contributed by atoms with Crippen LogP contribution < -0.4 is 5.32 Å². The third kappa shape index (κ3) is 4.34. The number of nitrogens with one attached hydrogen (secondary N) is 1. The number of furan rings is 1. The number of anilines is 1. The van der Waals surface area contributed by atoms with E-state index in [1.54, 1.807) is 12.1 Å². The van der Waals surface area contributed by atoms with Crippen LogP contribution in [0.1, 0.15) is 27.4 Å². The molecule has 1 N–H and O–H groups in total. The summed E-state index contributed by atoms with van der Waals surface area (Å²) in [6, 6.07) is 7.16. The molecule has 1 aliphatic rings. The molecule has 0 unspecified atom stereocenters. The Bertz CT molecular complexity index is 854. The van der Waals surface area contributed by atoms with Crippen LogP contribution in [-0.2, 0) is 4.79 Å². The number of aryl methyl sites for hydroxylation is 2. The minimum absolute atomic E-state index is 0.00187. The van der Waals surface area contributed by atoms with Gasteiger partial charge >= 0.3 is 0 Å². The average molecular weight is 390 g/mol. The molecular formula is C20H24ClN3O3. The molecule has 0 bridgehead atoms. The largest absolute Gasteiger partial charge is 0.466 e. The summed E-state index contributed by atoms with van der Waals surface area (Å²) in [5.41, 5.74) is 2.18. The summed E-state index contributed by atoms with van der Waals surface area (Å²) < 4.78 is 5.58. The van der Waals surface area contributed by atoms with Crippen molar-refractivity contribution in [2.45, 2.75) is 20.8 Å². The first-order chi connectivity index (χ1) is 12.9. The molecule has 7 heteroatoms. The highest BCUT2D eigenvalue weighted by Gasteiger charge is 2.27. The maximum atomic E-state index is 12.8. The molecule has 2 heterocycles. The molecule has 0 aliphatic carbocycles. The van der Waals surface area contributed by atoms with Gasteiger partial charge in [0.05, 0.1) is 22.8 Å². The number of piperazine rings is 1. The number of halogens is 1. The normalized spacial score (nSPS) is 15.0. The standard InChI is InChI=1S/C20H24ClN3O3/c1-13-14(2)27-15(3)19(13)20(26)24-10-8-23(9-11-24)12-18(25)22-17-7-5-4-6-16(17)21/h4-7H,8-12H2,1-3H3,(H,22,25). The fraction of sp³-hybridized carbons (Fsp3) is 0.400. The molecule has 0 atom stereocenters. The predicted molar refractivity (Wildman–Crippen MR) is 105 cm³/mol. The minimum Gasteiger partial charge on any atom is -0.466 e. The van der Waals surface area contributed by atoms with Crippen molar-refractivity contribution in [2.24, 2.45) is 0 Å². The smallest absolute Gasteiger partial charge is 0.257 e. The topological polar surface area (TPSA) is 65.8 Å². The molecule has 144 valence electrons. The van der Waals surface area contributed by atoms with E-state index in [2.05, 4.69) is 5.32 Å². The molecule has 0 spiro atoms. The molecule has 1 aliphatic heterocycles. The number of para-hydroxylation sites is 1. The van der Waals surface area contributed by atoms with Crippen molar-refractivity contribution in [3.63, 3.8) is 0 Å². The Morgan fingerprint density at radius 3 is 2.33 bits per heavy atom. The minimum atomic E-state index is -0.111. The summed E-state index contributed by atoms with van der Waals surface area (Å²) in [5.74, 6) is 1.34. The van der Waals surface area contributed by atoms with Crippen LogP contribution in [-0.4, -0.2) is 54.3 Å². The van der Waals surface area contributed by atoms with Crippen LogP contribution in [0.15, 0.2) is 28.7 Å². The van der Waals surface area contributed by atoms with Crippen molar-refractivity contribution in [1.82, 2.24) is 9.80 Å². The summed E-state index contributed by atoms with van der Waals surface area (Å²) in [7, 11) is 0. The van der Waals surface area contributed by atoms with Crippen molar-refractivity contribution < 1.29 is 14.0 Å². The van der Waals surface area contributed by atoms with Gasteiger partial charge in [-0.3, -0.25) is 14.5 Å². The lowest BCUT2D eigenvalue weighted by Gasteiger charge is -2.34. The molecule has 2 aromatic rings. The maximum Gasteiger partial charge on any atom is 0.257 e. The van der Waals surface area contributed by atoms with E-state index >= 15 is 0 Å². The van der Waals surface area contributed by atoms with Gasteiger partial charge in [-0.15, -0.1) is 0 Å². The Hall–Kier alpha value is -2.31. The molecular weight excluding hydrogens is 366 g/mol. The fourth-order valence-corrected chi connectivity index (χ4v) is 3.51. The van der Waals surface area contributed by atoms with Crippen molar-refractivity contribution in [1.29, 1.82) is 0 Å². The number of hydrogen-bond acceptors (Lipinski definition) is 4. The van der Waals surface area contributed by atoms with E-state index in [0.717, 1.165) is 11.3 Å². The van der Waals surface area contributed by atoms with E-state index in [-0.39, 0.29) is 18.4 Å². The van der Waals surface area contributed by atoms with Gasteiger partial charge < -0.3 is 14.6 Å². The summed E-state index contributed by atoms with van der Waals surface area (Å²) in [6.45, 7) is 8.34. The highest BCUT2D eigenvalue weighted by atomic mass is 35.5. The zero-order valence-electron chi connectivity index (χ0n) is 15.8. The average Bonchev–Trinajstić information content (AvgIpc) is 2.89. The second-order valence-corrected chi connectivity index (χ2v) is 7.22. The molecule has 3 rings (SSSR count). The maximum absolute atomic E-state index is 12.8. The van der Waals surface area contributed by atoms with Gasteiger partial charge in [0.25, 0.3) is 5.91 Å². The van der Waals surface area contributed by atoms with Crippen molar-refractivity contribution in [3.8, 4) is 0 Å². The van der Waals surface area contributed by atoms with E-state index in [4.69, 9.17) is 16.0 Å². The lowest BCUT2D eigenvalue weighted by Crippen LogP contribution is -2.50. The van der Waals surface area contributed by atoms with Gasteiger partial charge in [-0.1, -0.05) is 23.7 Å². The number of benzene rings is 1. The van der Waals surface area contributed by atoms with Gasteiger partial charge in [-0.2, -0.15) is 0 Å². The van der Waals surface area contributed by atoms with Crippen molar-refractivity contribution in [3.05, 3.63) is 51.9 Å². The van der Waals surface area contributed by atoms with Gasteiger partial charge in [-0.05, 0) is 32.9 Å². The molecule has 6 nitrogen and oxygen atoms in total. The highest BCUT2D eigenvalue weighted by Crippen LogP contribution is 2.23. The van der Waals surface area contributed by atoms with Crippen LogP contribution in [0.4, 0.5) is 5.69 Å². The van der Waals surface area contributed by atoms with Gasteiger partial charge in [0, 0.05) is 31.7 Å². The molecule has 1 saturated heterocycles. The Morgan fingerprint density at radius 2 is 1.74 bits per heavy atom. The van der Waals surface area contributed by atoms with Crippen LogP contribution in [0, 0.1) is 20.8 Å². The van der Waals surface area contributed by atoms with E-state index in [1.807, 2.05) is 42.7 Å². The SMILES string of the molecule is Cc1oc(C)c(C(=O)N2CCN(CC(=O)Nc3ccccc3Cl)CC2)c1C. The monoisotopic (exact) mass is 389 g/mol. The molecule has 1 aromatic heterocycles. The van der Waals surface area contributed by atoms with Crippen LogP contribution in [0.25, 0.3) is 0 Å². The van der Waals surface area contributed by atoms with Gasteiger partial charge in [0.1, 0.15) is 11.5 Å². The number of amides is 2. The number of carbonyl (C=O) groups excluding carboxylic acids is 2. The zero-order valence-corrected chi connectivity index (χ0v) is 16.6. The van der Waals surface area contributed by atoms with E-state index in [9.17, 15) is 9.59 Å². The van der Waals surface area contributed by atoms with Crippen molar-refractivity contribution >= 4 is 29.1 Å². The molecule has 0 radical (unpaired) electrons. The van der Waals surface area contributed by atoms with Crippen LogP contribution >= 0.6 is 11.6 Å². The Balaban J connectivity index is 1.53. The second-order valence-electron chi connectivity index (χ2n) is 6.81. The van der Waals surface area contributed by atoms with E-state index < -0.39 is 0 Å². The molecule has 27 heavy (non-hydrogen) atoms. The lowest BCUT2D eigenvalue weighted by atomic mass is 10.1. The summed E-state index contributed by atoms with van der Waals surface area (Å²) in [4.78, 5) is 28.9. The fourth-order valence-electron chi connectivity index (χ4n) is 3.33. The Labute approximate surface area is 164 Å². The Kier molecular flexibility index (Phi) is 5.87. The number of nitrogens with zero attached hydrogens (tertiary/aromatic N) is 2. The van der Waals surface area contributed by atoms with Gasteiger partial charge in [-0.25, -0.2) is 0 Å². The number of hydrogen-bond donors (Lipinski definition) is 1. The third-order valence-corrected chi connectivity index (χ3v) is 5.28. The molecule has 1 fully saturated rings. The summed E-state index contributed by atoms with van der Waals surface area (Å²) in [5, 5.41) is 3.35. The highest BCUT2D eigenvalue weighted by molar-refractivity contribution is 6.33. The van der Waals surface area contributed by atoms with Gasteiger partial charge in [0.2, 0.25) is 5.91 Å². The molecule has 0 saturated carbocycles. The van der Waals surface area contributed by atoms with Crippen molar-refractivity contribution in [2.75, 3.05) is 38.0 Å². The van der Waals surface area contributed by atoms with Crippen LogP contribution in [0.3, 0.4) is 0 Å². The molecule has 1 aromatic carbocycles. The number of carbonyl (C=O) groups is 2. The van der Waals surface area contributed by atoms with Crippen LogP contribution in [0.5, 0.6) is 0 Å². The van der Waals surface area contributed by atoms with Gasteiger partial charge in [0.15, 0.2) is 0 Å². The third-order valence-electron chi connectivity index (χ3n) is 4.95. The summed E-state index contributed by atoms with van der Waals surface area (Å²) in [6.07, 6.45) is 0. The van der Waals surface area contributed by atoms with E-state index in [0.29, 0.717) is 48.2 Å². The van der Waals surface area contributed by atoms with E-state index in [1.165, 1.54) is 0 Å².